The monoisotopic (exact) mass is 299 g/mol. The average molecular weight is 299 g/mol. The molecular weight excluding hydrogens is 282 g/mol. The Hall–Kier alpha value is -2.63. The minimum atomic E-state index is -0.296. The molecule has 1 fully saturated rings. The molecule has 2 atom stereocenters. The Kier molecular flexibility index (Phi) is 3.66. The molecule has 6 nitrogen and oxygen atoms in total. The Morgan fingerprint density at radius 1 is 1.27 bits per heavy atom. The van der Waals surface area contributed by atoms with Crippen LogP contribution in [0.3, 0.4) is 0 Å². The number of amides is 2. The number of aryl methyl sites for hydroxylation is 1. The maximum Gasteiger partial charge on any atom is 0.230 e. The molecular formula is C16H17N3O3. The molecule has 114 valence electrons. The third-order valence-corrected chi connectivity index (χ3v) is 3.80. The van der Waals surface area contributed by atoms with Crippen LogP contribution in [0.15, 0.2) is 40.9 Å². The van der Waals surface area contributed by atoms with Gasteiger partial charge in [0.2, 0.25) is 11.8 Å². The van der Waals surface area contributed by atoms with Crippen molar-refractivity contribution in [2.24, 2.45) is 11.8 Å². The topological polar surface area (TPSA) is 75.4 Å². The van der Waals surface area contributed by atoms with Crippen LogP contribution in [0.1, 0.15) is 12.2 Å². The molecule has 0 radical (unpaired) electrons. The van der Waals surface area contributed by atoms with Crippen LogP contribution >= 0.6 is 0 Å². The zero-order chi connectivity index (χ0) is 15.7. The number of nitrogens with zero attached hydrogens (tertiary/aromatic N) is 2. The lowest BCUT2D eigenvalue weighted by molar-refractivity contribution is -0.123. The first-order valence-electron chi connectivity index (χ1n) is 7.13. The van der Waals surface area contributed by atoms with Crippen molar-refractivity contribution in [3.8, 4) is 0 Å². The predicted octanol–water partition coefficient (Wildman–Crippen LogP) is 2.22. The van der Waals surface area contributed by atoms with Gasteiger partial charge in [0.25, 0.3) is 0 Å². The molecule has 2 aromatic rings. The van der Waals surface area contributed by atoms with Gasteiger partial charge in [-0.1, -0.05) is 23.4 Å². The van der Waals surface area contributed by atoms with Crippen LogP contribution in [0.5, 0.6) is 0 Å². The molecule has 1 saturated carbocycles. The first-order chi connectivity index (χ1) is 10.6. The Labute approximate surface area is 128 Å². The van der Waals surface area contributed by atoms with E-state index in [-0.39, 0.29) is 23.7 Å². The highest BCUT2D eigenvalue weighted by Gasteiger charge is 2.49. The van der Waals surface area contributed by atoms with Crippen LogP contribution in [-0.2, 0) is 9.59 Å². The Bertz CT molecular complexity index is 696. The summed E-state index contributed by atoms with van der Waals surface area (Å²) in [5.74, 6) is 0.226. The molecule has 2 unspecified atom stereocenters. The number of rotatable bonds is 4. The van der Waals surface area contributed by atoms with Crippen molar-refractivity contribution in [1.82, 2.24) is 5.16 Å². The second-order valence-corrected chi connectivity index (χ2v) is 5.49. The van der Waals surface area contributed by atoms with Gasteiger partial charge in [0, 0.05) is 18.8 Å². The van der Waals surface area contributed by atoms with E-state index >= 15 is 0 Å². The molecule has 1 N–H and O–H groups in total. The van der Waals surface area contributed by atoms with E-state index in [1.165, 1.54) is 0 Å². The lowest BCUT2D eigenvalue weighted by Gasteiger charge is -2.17. The van der Waals surface area contributed by atoms with Crippen molar-refractivity contribution < 1.29 is 14.1 Å². The van der Waals surface area contributed by atoms with Crippen LogP contribution < -0.4 is 10.2 Å². The van der Waals surface area contributed by atoms with Gasteiger partial charge in [-0.25, -0.2) is 0 Å². The van der Waals surface area contributed by atoms with Crippen molar-refractivity contribution in [1.29, 1.82) is 0 Å². The average Bonchev–Trinajstić information content (AvgIpc) is 3.24. The summed E-state index contributed by atoms with van der Waals surface area (Å²) < 4.78 is 4.90. The van der Waals surface area contributed by atoms with Gasteiger partial charge in [0.05, 0.1) is 11.8 Å². The quantitative estimate of drug-likeness (QED) is 0.939. The van der Waals surface area contributed by atoms with Gasteiger partial charge in [-0.05, 0) is 25.5 Å². The molecule has 1 heterocycles. The summed E-state index contributed by atoms with van der Waals surface area (Å²) in [5.41, 5.74) is 0.825. The van der Waals surface area contributed by atoms with Crippen molar-refractivity contribution in [2.45, 2.75) is 13.3 Å². The van der Waals surface area contributed by atoms with Gasteiger partial charge in [0.1, 0.15) is 5.76 Å². The Morgan fingerprint density at radius 2 is 2.00 bits per heavy atom. The molecule has 0 bridgehead atoms. The minimum absolute atomic E-state index is 0.0392. The van der Waals surface area contributed by atoms with E-state index in [2.05, 4.69) is 10.5 Å². The number of anilines is 2. The minimum Gasteiger partial charge on any atom is -0.360 e. The summed E-state index contributed by atoms with van der Waals surface area (Å²) in [7, 11) is 1.73. The number of carbonyl (C=O) groups is 2. The van der Waals surface area contributed by atoms with E-state index in [0.717, 1.165) is 5.69 Å². The summed E-state index contributed by atoms with van der Waals surface area (Å²) in [6, 6.07) is 11.0. The number of hydrogen-bond donors (Lipinski definition) is 1. The fourth-order valence-electron chi connectivity index (χ4n) is 2.43. The molecule has 3 rings (SSSR count). The van der Waals surface area contributed by atoms with E-state index in [9.17, 15) is 9.59 Å². The molecule has 1 aliphatic carbocycles. The maximum absolute atomic E-state index is 12.4. The first-order valence-corrected chi connectivity index (χ1v) is 7.13. The largest absolute Gasteiger partial charge is 0.360 e. The SMILES string of the molecule is Cc1cc(NC(=O)C2CC2C(=O)N(C)c2ccccc2)no1. The van der Waals surface area contributed by atoms with E-state index in [1.54, 1.807) is 24.9 Å². The summed E-state index contributed by atoms with van der Waals surface area (Å²) in [6.07, 6.45) is 0.568. The second kappa shape index (κ2) is 5.63. The third-order valence-electron chi connectivity index (χ3n) is 3.80. The van der Waals surface area contributed by atoms with E-state index in [4.69, 9.17) is 4.52 Å². The predicted molar refractivity (Wildman–Crippen MR) is 81.3 cm³/mol. The molecule has 1 aliphatic rings. The normalized spacial score (nSPS) is 19.5. The number of benzene rings is 1. The fraction of sp³-hybridized carbons (Fsp3) is 0.312. The highest BCUT2D eigenvalue weighted by Crippen LogP contribution is 2.41. The van der Waals surface area contributed by atoms with Gasteiger partial charge >= 0.3 is 0 Å². The standard InChI is InChI=1S/C16H17N3O3/c1-10-8-14(18-22-10)17-15(20)12-9-13(12)16(21)19(2)11-6-4-3-5-7-11/h3-8,12-13H,9H2,1-2H3,(H,17,18,20). The van der Waals surface area contributed by atoms with Crippen molar-refractivity contribution in [3.63, 3.8) is 0 Å². The number of hydrogen-bond acceptors (Lipinski definition) is 4. The molecule has 6 heteroatoms. The number of carbonyl (C=O) groups excluding carboxylic acids is 2. The molecule has 0 aliphatic heterocycles. The van der Waals surface area contributed by atoms with E-state index in [1.807, 2.05) is 30.3 Å². The highest BCUT2D eigenvalue weighted by atomic mass is 16.5. The number of aromatic nitrogens is 1. The summed E-state index contributed by atoms with van der Waals surface area (Å²) in [4.78, 5) is 26.1. The fourth-order valence-corrected chi connectivity index (χ4v) is 2.43. The van der Waals surface area contributed by atoms with Crippen LogP contribution in [0.25, 0.3) is 0 Å². The van der Waals surface area contributed by atoms with E-state index in [0.29, 0.717) is 18.0 Å². The van der Waals surface area contributed by atoms with Crippen molar-refractivity contribution in [3.05, 3.63) is 42.2 Å². The van der Waals surface area contributed by atoms with Crippen LogP contribution in [0, 0.1) is 18.8 Å². The van der Waals surface area contributed by atoms with E-state index < -0.39 is 0 Å². The van der Waals surface area contributed by atoms with Crippen LogP contribution in [-0.4, -0.2) is 24.0 Å². The first kappa shape index (κ1) is 14.3. The molecule has 0 saturated heterocycles. The number of para-hydroxylation sites is 1. The van der Waals surface area contributed by atoms with Crippen molar-refractivity contribution >= 4 is 23.3 Å². The zero-order valence-corrected chi connectivity index (χ0v) is 12.4. The van der Waals surface area contributed by atoms with Gasteiger partial charge < -0.3 is 14.7 Å². The molecule has 22 heavy (non-hydrogen) atoms. The molecule has 1 aromatic heterocycles. The third kappa shape index (κ3) is 2.86. The lowest BCUT2D eigenvalue weighted by Crippen LogP contribution is -2.29. The molecule has 2 amide bonds. The molecule has 1 aromatic carbocycles. The van der Waals surface area contributed by atoms with Gasteiger partial charge in [0.15, 0.2) is 5.82 Å². The highest BCUT2D eigenvalue weighted by molar-refractivity contribution is 6.03. The Balaban J connectivity index is 1.59. The number of nitrogens with one attached hydrogen (secondary N) is 1. The molecule has 0 spiro atoms. The lowest BCUT2D eigenvalue weighted by atomic mass is 10.2. The van der Waals surface area contributed by atoms with Gasteiger partial charge in [-0.2, -0.15) is 0 Å². The second-order valence-electron chi connectivity index (χ2n) is 5.49. The van der Waals surface area contributed by atoms with Crippen LogP contribution in [0.4, 0.5) is 11.5 Å². The smallest absolute Gasteiger partial charge is 0.230 e. The van der Waals surface area contributed by atoms with Gasteiger partial charge in [-0.3, -0.25) is 9.59 Å². The van der Waals surface area contributed by atoms with Crippen LogP contribution in [0.2, 0.25) is 0 Å². The van der Waals surface area contributed by atoms with Crippen molar-refractivity contribution in [2.75, 3.05) is 17.3 Å². The zero-order valence-electron chi connectivity index (χ0n) is 12.4. The summed E-state index contributed by atoms with van der Waals surface area (Å²) in [6.45, 7) is 1.75. The van der Waals surface area contributed by atoms with Gasteiger partial charge in [-0.15, -0.1) is 0 Å². The Morgan fingerprint density at radius 3 is 2.64 bits per heavy atom. The summed E-state index contributed by atoms with van der Waals surface area (Å²) in [5, 5.41) is 6.39. The summed E-state index contributed by atoms with van der Waals surface area (Å²) >= 11 is 0. The maximum atomic E-state index is 12.4.